The molecule has 0 bridgehead atoms. The first-order valence-corrected chi connectivity index (χ1v) is 10.6. The fraction of sp³-hybridized carbons (Fsp3) is 0.0385. The molecule has 0 amide bonds. The van der Waals surface area contributed by atoms with Gasteiger partial charge in [0, 0.05) is 9.86 Å². The summed E-state index contributed by atoms with van der Waals surface area (Å²) in [4.78, 5) is 0. The Balaban J connectivity index is 1.98. The summed E-state index contributed by atoms with van der Waals surface area (Å²) >= 11 is 3.57. The molecule has 1 aromatic heterocycles. The minimum atomic E-state index is -0.673. The third-order valence-corrected chi connectivity index (χ3v) is 6.06. The van der Waals surface area contributed by atoms with E-state index >= 15 is 0 Å². The lowest BCUT2D eigenvalue weighted by Crippen LogP contribution is -2.38. The van der Waals surface area contributed by atoms with Crippen molar-refractivity contribution in [1.82, 2.24) is 9.78 Å². The summed E-state index contributed by atoms with van der Waals surface area (Å²) in [6, 6.07) is 37.6. The number of benzene rings is 4. The number of nitrogen functional groups attached to an aromatic ring is 1. The normalized spacial score (nSPS) is 11.6. The molecule has 4 aromatic carbocycles. The molecule has 0 aliphatic heterocycles. The van der Waals surface area contributed by atoms with Crippen molar-refractivity contribution in [3.05, 3.63) is 130 Å². The lowest BCUT2D eigenvalue weighted by Gasteiger charge is -2.37. The lowest BCUT2D eigenvalue weighted by molar-refractivity contribution is 0.477. The van der Waals surface area contributed by atoms with Crippen LogP contribution in [0.25, 0.3) is 10.9 Å². The number of aromatic nitrogens is 2. The van der Waals surface area contributed by atoms with Gasteiger partial charge in [0.25, 0.3) is 0 Å². The Hall–Kier alpha value is -3.37. The Kier molecular flexibility index (Phi) is 4.64. The number of hydrogen-bond acceptors (Lipinski definition) is 2. The van der Waals surface area contributed by atoms with Crippen LogP contribution in [-0.4, -0.2) is 9.78 Å². The average molecular weight is 454 g/mol. The van der Waals surface area contributed by atoms with E-state index in [0.717, 1.165) is 32.1 Å². The highest BCUT2D eigenvalue weighted by Crippen LogP contribution is 2.43. The fourth-order valence-corrected chi connectivity index (χ4v) is 4.64. The fourth-order valence-electron chi connectivity index (χ4n) is 4.27. The molecule has 0 radical (unpaired) electrons. The molecule has 1 heterocycles. The van der Waals surface area contributed by atoms with E-state index in [0.29, 0.717) is 5.82 Å². The van der Waals surface area contributed by atoms with E-state index in [2.05, 4.69) is 99.5 Å². The quantitative estimate of drug-likeness (QED) is 0.328. The zero-order valence-electron chi connectivity index (χ0n) is 16.2. The predicted octanol–water partition coefficient (Wildman–Crippen LogP) is 6.22. The summed E-state index contributed by atoms with van der Waals surface area (Å²) in [5, 5.41) is 5.83. The monoisotopic (exact) mass is 453 g/mol. The van der Waals surface area contributed by atoms with Crippen molar-refractivity contribution in [2.24, 2.45) is 0 Å². The zero-order chi connectivity index (χ0) is 20.6. The minimum Gasteiger partial charge on any atom is -0.382 e. The van der Waals surface area contributed by atoms with E-state index in [9.17, 15) is 0 Å². The first kappa shape index (κ1) is 18.6. The molecular formula is C26H20BrN3. The number of hydrogen-bond donors (Lipinski definition) is 1. The molecule has 0 aliphatic carbocycles. The van der Waals surface area contributed by atoms with Gasteiger partial charge in [0.1, 0.15) is 5.54 Å². The van der Waals surface area contributed by atoms with Crippen molar-refractivity contribution in [2.45, 2.75) is 5.54 Å². The molecule has 0 saturated carbocycles. The third kappa shape index (κ3) is 2.84. The van der Waals surface area contributed by atoms with Gasteiger partial charge in [-0.05, 0) is 34.9 Å². The SMILES string of the molecule is Nc1nn(C(c2ccccc2)(c2ccccc2)c2ccccc2)c2ccc(Br)cc12. The van der Waals surface area contributed by atoms with Gasteiger partial charge >= 0.3 is 0 Å². The topological polar surface area (TPSA) is 43.8 Å². The lowest BCUT2D eigenvalue weighted by atomic mass is 9.77. The molecule has 0 saturated heterocycles. The van der Waals surface area contributed by atoms with Crippen LogP contribution in [0.1, 0.15) is 16.7 Å². The highest BCUT2D eigenvalue weighted by atomic mass is 79.9. The Morgan fingerprint density at radius 3 is 1.60 bits per heavy atom. The van der Waals surface area contributed by atoms with Crippen molar-refractivity contribution < 1.29 is 0 Å². The maximum absolute atomic E-state index is 6.42. The standard InChI is InChI=1S/C26H20BrN3/c27-22-16-17-24-23(18-22)25(28)29-30(24)26(19-10-4-1-5-11-19,20-12-6-2-7-13-20)21-14-8-3-9-15-21/h1-18H,(H2,28,29). The summed E-state index contributed by atoms with van der Waals surface area (Å²) in [5.74, 6) is 0.512. The van der Waals surface area contributed by atoms with Crippen LogP contribution < -0.4 is 5.73 Å². The van der Waals surface area contributed by atoms with Gasteiger partial charge in [-0.2, -0.15) is 5.10 Å². The summed E-state index contributed by atoms with van der Waals surface area (Å²) in [5.41, 5.74) is 10.1. The van der Waals surface area contributed by atoms with Crippen LogP contribution in [0.3, 0.4) is 0 Å². The van der Waals surface area contributed by atoms with Crippen LogP contribution in [0.5, 0.6) is 0 Å². The number of fused-ring (bicyclic) bond motifs is 1. The smallest absolute Gasteiger partial charge is 0.153 e. The van der Waals surface area contributed by atoms with Gasteiger partial charge in [-0.3, -0.25) is 0 Å². The molecule has 30 heavy (non-hydrogen) atoms. The predicted molar refractivity (Wildman–Crippen MR) is 126 cm³/mol. The second-order valence-corrected chi connectivity index (χ2v) is 8.18. The Labute approximate surface area is 183 Å². The van der Waals surface area contributed by atoms with Gasteiger partial charge in [0.15, 0.2) is 5.82 Å². The molecule has 146 valence electrons. The van der Waals surface area contributed by atoms with E-state index in [1.54, 1.807) is 0 Å². The van der Waals surface area contributed by atoms with Crippen LogP contribution in [0.2, 0.25) is 0 Å². The molecule has 0 spiro atoms. The Bertz CT molecular complexity index is 1200. The number of rotatable bonds is 4. The number of nitrogens with zero attached hydrogens (tertiary/aromatic N) is 2. The highest BCUT2D eigenvalue weighted by molar-refractivity contribution is 9.10. The highest BCUT2D eigenvalue weighted by Gasteiger charge is 2.40. The Morgan fingerprint density at radius 1 is 0.667 bits per heavy atom. The van der Waals surface area contributed by atoms with Crippen molar-refractivity contribution in [2.75, 3.05) is 5.73 Å². The molecule has 2 N–H and O–H groups in total. The summed E-state index contributed by atoms with van der Waals surface area (Å²) in [6.07, 6.45) is 0. The summed E-state index contributed by atoms with van der Waals surface area (Å²) in [6.45, 7) is 0. The van der Waals surface area contributed by atoms with Crippen molar-refractivity contribution in [3.8, 4) is 0 Å². The van der Waals surface area contributed by atoms with Gasteiger partial charge in [-0.25, -0.2) is 4.68 Å². The molecule has 4 heteroatoms. The third-order valence-electron chi connectivity index (χ3n) is 5.56. The van der Waals surface area contributed by atoms with Crippen molar-refractivity contribution in [1.29, 1.82) is 0 Å². The molecule has 5 rings (SSSR count). The summed E-state index contributed by atoms with van der Waals surface area (Å²) < 4.78 is 3.05. The molecular weight excluding hydrogens is 434 g/mol. The largest absolute Gasteiger partial charge is 0.382 e. The second-order valence-electron chi connectivity index (χ2n) is 7.27. The first-order valence-electron chi connectivity index (χ1n) is 9.82. The van der Waals surface area contributed by atoms with Crippen LogP contribution in [0, 0.1) is 0 Å². The van der Waals surface area contributed by atoms with E-state index in [-0.39, 0.29) is 0 Å². The summed E-state index contributed by atoms with van der Waals surface area (Å²) in [7, 11) is 0. The van der Waals surface area contributed by atoms with Crippen LogP contribution in [0.15, 0.2) is 114 Å². The van der Waals surface area contributed by atoms with Crippen LogP contribution in [-0.2, 0) is 5.54 Å². The van der Waals surface area contributed by atoms with Gasteiger partial charge in [0.05, 0.1) is 5.52 Å². The first-order chi connectivity index (χ1) is 14.7. The van der Waals surface area contributed by atoms with Gasteiger partial charge in [0.2, 0.25) is 0 Å². The Morgan fingerprint density at radius 2 is 1.13 bits per heavy atom. The average Bonchev–Trinajstić information content (AvgIpc) is 3.12. The maximum atomic E-state index is 6.42. The molecule has 0 aliphatic rings. The molecule has 0 unspecified atom stereocenters. The van der Waals surface area contributed by atoms with Gasteiger partial charge in [-0.1, -0.05) is 107 Å². The molecule has 3 nitrogen and oxygen atoms in total. The minimum absolute atomic E-state index is 0.512. The van der Waals surface area contributed by atoms with Crippen LogP contribution in [0.4, 0.5) is 5.82 Å². The van der Waals surface area contributed by atoms with E-state index in [4.69, 9.17) is 10.8 Å². The molecule has 5 aromatic rings. The van der Waals surface area contributed by atoms with Crippen molar-refractivity contribution >= 4 is 32.7 Å². The van der Waals surface area contributed by atoms with E-state index in [1.165, 1.54) is 0 Å². The number of anilines is 1. The van der Waals surface area contributed by atoms with E-state index in [1.807, 2.05) is 30.3 Å². The molecule has 0 atom stereocenters. The molecule has 0 fully saturated rings. The second kappa shape index (κ2) is 7.47. The zero-order valence-corrected chi connectivity index (χ0v) is 17.8. The van der Waals surface area contributed by atoms with E-state index < -0.39 is 5.54 Å². The number of nitrogens with two attached hydrogens (primary N) is 1. The number of halogens is 1. The van der Waals surface area contributed by atoms with Crippen LogP contribution >= 0.6 is 15.9 Å². The van der Waals surface area contributed by atoms with Gasteiger partial charge < -0.3 is 5.73 Å². The van der Waals surface area contributed by atoms with Gasteiger partial charge in [-0.15, -0.1) is 0 Å². The van der Waals surface area contributed by atoms with Crippen molar-refractivity contribution in [3.63, 3.8) is 0 Å². The maximum Gasteiger partial charge on any atom is 0.153 e.